The minimum Gasteiger partial charge on any atom is -0.484 e. The summed E-state index contributed by atoms with van der Waals surface area (Å²) in [6, 6.07) is 13.1. The maximum absolute atomic E-state index is 12.2. The summed E-state index contributed by atoms with van der Waals surface area (Å²) in [7, 11) is 0. The molecule has 0 unspecified atom stereocenters. The number of benzene rings is 2. The first-order valence-corrected chi connectivity index (χ1v) is 8.74. The minimum absolute atomic E-state index is 0.0926. The highest BCUT2D eigenvalue weighted by atomic mass is 32.1. The van der Waals surface area contributed by atoms with Crippen molar-refractivity contribution in [1.29, 1.82) is 0 Å². The van der Waals surface area contributed by atoms with Crippen LogP contribution in [0, 0.1) is 0 Å². The average Bonchev–Trinajstić information content (AvgIpc) is 3.21. The van der Waals surface area contributed by atoms with Gasteiger partial charge in [-0.2, -0.15) is 4.99 Å². The van der Waals surface area contributed by atoms with Gasteiger partial charge in [-0.15, -0.1) is 0 Å². The van der Waals surface area contributed by atoms with E-state index in [0.29, 0.717) is 17.1 Å². The van der Waals surface area contributed by atoms with Gasteiger partial charge >= 0.3 is 0 Å². The molecule has 0 saturated heterocycles. The number of nitrogens with zero attached hydrogens (tertiary/aromatic N) is 2. The van der Waals surface area contributed by atoms with Crippen LogP contribution in [0.5, 0.6) is 17.2 Å². The Morgan fingerprint density at radius 1 is 1.24 bits per heavy atom. The molecule has 0 radical (unpaired) electrons. The summed E-state index contributed by atoms with van der Waals surface area (Å²) in [5.41, 5.74) is 0.979. The summed E-state index contributed by atoms with van der Waals surface area (Å²) >= 11 is 1.45. The fourth-order valence-corrected chi connectivity index (χ4v) is 3.77. The Morgan fingerprint density at radius 2 is 2.00 bits per heavy atom. The highest BCUT2D eigenvalue weighted by Gasteiger charge is 2.17. The van der Waals surface area contributed by atoms with Crippen molar-refractivity contribution in [3.8, 4) is 17.2 Å². The summed E-state index contributed by atoms with van der Waals surface area (Å²) in [5.74, 6) is 1.77. The molecule has 2 aromatic carbocycles. The van der Waals surface area contributed by atoms with Gasteiger partial charge in [0.05, 0.1) is 10.2 Å². The lowest BCUT2D eigenvalue weighted by Gasteiger charge is -2.03. The fraction of sp³-hybridized carbons (Fsp3) is 0.222. The summed E-state index contributed by atoms with van der Waals surface area (Å²) in [4.78, 5) is 17.0. The number of aromatic nitrogens is 1. The summed E-state index contributed by atoms with van der Waals surface area (Å²) < 4.78 is 19.3. The van der Waals surface area contributed by atoms with E-state index in [0.717, 1.165) is 21.7 Å². The Labute approximate surface area is 147 Å². The van der Waals surface area contributed by atoms with Gasteiger partial charge in [0.1, 0.15) is 5.75 Å². The van der Waals surface area contributed by atoms with Crippen molar-refractivity contribution >= 4 is 27.5 Å². The van der Waals surface area contributed by atoms with E-state index in [9.17, 15) is 4.79 Å². The molecule has 4 rings (SSSR count). The number of ether oxygens (including phenoxy) is 3. The van der Waals surface area contributed by atoms with Gasteiger partial charge in [0.25, 0.3) is 5.91 Å². The van der Waals surface area contributed by atoms with E-state index >= 15 is 0 Å². The average molecular weight is 356 g/mol. The predicted molar refractivity (Wildman–Crippen MR) is 94.1 cm³/mol. The molecule has 2 heterocycles. The topological polar surface area (TPSA) is 62.1 Å². The third kappa shape index (κ3) is 3.10. The lowest BCUT2D eigenvalue weighted by molar-refractivity contribution is -0.120. The van der Waals surface area contributed by atoms with Crippen LogP contribution in [0.1, 0.15) is 6.92 Å². The largest absolute Gasteiger partial charge is 0.484 e. The van der Waals surface area contributed by atoms with Crippen LogP contribution < -0.4 is 19.0 Å². The molecule has 0 bridgehead atoms. The Bertz CT molecular complexity index is 991. The van der Waals surface area contributed by atoms with Crippen LogP contribution in [0.15, 0.2) is 47.5 Å². The van der Waals surface area contributed by atoms with E-state index < -0.39 is 0 Å². The third-order valence-electron chi connectivity index (χ3n) is 3.82. The number of rotatable bonds is 4. The highest BCUT2D eigenvalue weighted by molar-refractivity contribution is 7.16. The normalized spacial score (nSPS) is 13.4. The molecule has 6 nitrogen and oxygen atoms in total. The van der Waals surface area contributed by atoms with Crippen LogP contribution in [0.25, 0.3) is 10.2 Å². The molecule has 0 N–H and O–H groups in total. The Morgan fingerprint density at radius 3 is 2.76 bits per heavy atom. The van der Waals surface area contributed by atoms with Crippen LogP contribution in [-0.2, 0) is 11.3 Å². The van der Waals surface area contributed by atoms with Gasteiger partial charge in [-0.3, -0.25) is 4.79 Å². The van der Waals surface area contributed by atoms with E-state index in [4.69, 9.17) is 14.2 Å². The molecular weight excluding hydrogens is 340 g/mol. The lowest BCUT2D eigenvalue weighted by atomic mass is 10.3. The van der Waals surface area contributed by atoms with E-state index in [1.807, 2.05) is 41.8 Å². The molecule has 3 aromatic rings. The van der Waals surface area contributed by atoms with Crippen molar-refractivity contribution < 1.29 is 19.0 Å². The number of amides is 1. The number of para-hydroxylation sites is 1. The molecule has 1 aliphatic rings. The number of fused-ring (bicyclic) bond motifs is 2. The molecule has 7 heteroatoms. The van der Waals surface area contributed by atoms with Crippen molar-refractivity contribution in [2.45, 2.75) is 13.5 Å². The number of carbonyl (C=O) groups is 1. The highest BCUT2D eigenvalue weighted by Crippen LogP contribution is 2.36. The summed E-state index contributed by atoms with van der Waals surface area (Å²) in [5, 5.41) is 0. The number of thiazole rings is 1. The van der Waals surface area contributed by atoms with Crippen molar-refractivity contribution in [3.05, 3.63) is 47.3 Å². The van der Waals surface area contributed by atoms with Crippen molar-refractivity contribution in [2.75, 3.05) is 13.4 Å². The van der Waals surface area contributed by atoms with Crippen molar-refractivity contribution in [1.82, 2.24) is 4.57 Å². The second kappa shape index (κ2) is 6.60. The van der Waals surface area contributed by atoms with Crippen LogP contribution >= 0.6 is 11.3 Å². The number of hydrogen-bond acceptors (Lipinski definition) is 5. The smallest absolute Gasteiger partial charge is 0.286 e. The SMILES string of the molecule is CCn1c(=NC(=O)COc2ccccc2)sc2cc3c(cc21)OCO3. The summed E-state index contributed by atoms with van der Waals surface area (Å²) in [6.07, 6.45) is 0. The minimum atomic E-state index is -0.322. The lowest BCUT2D eigenvalue weighted by Crippen LogP contribution is -2.18. The van der Waals surface area contributed by atoms with Gasteiger partial charge in [0.15, 0.2) is 22.9 Å². The Kier molecular flexibility index (Phi) is 4.15. The van der Waals surface area contributed by atoms with Gasteiger partial charge in [-0.25, -0.2) is 0 Å². The van der Waals surface area contributed by atoms with Gasteiger partial charge in [-0.05, 0) is 19.1 Å². The Balaban J connectivity index is 1.63. The molecule has 0 atom stereocenters. The molecule has 0 aliphatic carbocycles. The summed E-state index contributed by atoms with van der Waals surface area (Å²) in [6.45, 7) is 2.86. The van der Waals surface area contributed by atoms with E-state index in [1.54, 1.807) is 12.1 Å². The first-order valence-electron chi connectivity index (χ1n) is 7.93. The van der Waals surface area contributed by atoms with Crippen molar-refractivity contribution in [3.63, 3.8) is 0 Å². The zero-order valence-corrected chi connectivity index (χ0v) is 14.4. The molecule has 1 aromatic heterocycles. The molecule has 0 spiro atoms. The zero-order valence-electron chi connectivity index (χ0n) is 13.6. The predicted octanol–water partition coefficient (Wildman–Crippen LogP) is 2.96. The van der Waals surface area contributed by atoms with Gasteiger partial charge in [0, 0.05) is 18.7 Å². The van der Waals surface area contributed by atoms with Gasteiger partial charge in [-0.1, -0.05) is 29.5 Å². The van der Waals surface area contributed by atoms with Crippen LogP contribution in [0.4, 0.5) is 0 Å². The van der Waals surface area contributed by atoms with Gasteiger partial charge < -0.3 is 18.8 Å². The Hall–Kier alpha value is -2.80. The maximum Gasteiger partial charge on any atom is 0.286 e. The molecular formula is C18H16N2O4S. The van der Waals surface area contributed by atoms with Crippen molar-refractivity contribution in [2.24, 2.45) is 4.99 Å². The monoisotopic (exact) mass is 356 g/mol. The van der Waals surface area contributed by atoms with E-state index in [1.165, 1.54) is 11.3 Å². The standard InChI is InChI=1S/C18H16N2O4S/c1-2-20-13-8-14-15(24-11-23-14)9-16(13)25-18(20)19-17(21)10-22-12-6-4-3-5-7-12/h3-9H,2,10-11H2,1H3. The molecule has 0 saturated carbocycles. The molecule has 0 fully saturated rings. The molecule has 1 amide bonds. The first kappa shape index (κ1) is 15.7. The van der Waals surface area contributed by atoms with E-state index in [2.05, 4.69) is 4.99 Å². The molecule has 25 heavy (non-hydrogen) atoms. The third-order valence-corrected chi connectivity index (χ3v) is 4.86. The number of hydrogen-bond donors (Lipinski definition) is 0. The fourth-order valence-electron chi connectivity index (χ4n) is 2.65. The maximum atomic E-state index is 12.2. The van der Waals surface area contributed by atoms with Crippen LogP contribution in [0.2, 0.25) is 0 Å². The number of aryl methyl sites for hydroxylation is 1. The number of carbonyl (C=O) groups excluding carboxylic acids is 1. The van der Waals surface area contributed by atoms with Crippen LogP contribution in [-0.4, -0.2) is 23.9 Å². The second-order valence-electron chi connectivity index (χ2n) is 5.41. The van der Waals surface area contributed by atoms with Gasteiger partial charge in [0.2, 0.25) is 6.79 Å². The zero-order chi connectivity index (χ0) is 17.2. The second-order valence-corrected chi connectivity index (χ2v) is 6.42. The quantitative estimate of drug-likeness (QED) is 0.721. The molecule has 128 valence electrons. The molecule has 1 aliphatic heterocycles. The van der Waals surface area contributed by atoms with Crippen LogP contribution in [0.3, 0.4) is 0 Å². The first-order chi connectivity index (χ1) is 12.2. The van der Waals surface area contributed by atoms with E-state index in [-0.39, 0.29) is 19.3 Å².